The number of nitrogens with zero attached hydrogens (tertiary/aromatic N) is 3. The summed E-state index contributed by atoms with van der Waals surface area (Å²) in [5.41, 5.74) is 1.75. The van der Waals surface area contributed by atoms with Crippen molar-refractivity contribution in [2.75, 3.05) is 37.3 Å². The molecule has 2 aromatic rings. The zero-order valence-corrected chi connectivity index (χ0v) is 14.7. The zero-order valence-electron chi connectivity index (χ0n) is 13.9. The first-order valence-corrected chi connectivity index (χ1v) is 9.23. The summed E-state index contributed by atoms with van der Waals surface area (Å²) in [5, 5.41) is 10.7. The Morgan fingerprint density at radius 1 is 1.00 bits per heavy atom. The Labute approximate surface area is 150 Å². The van der Waals surface area contributed by atoms with Crippen molar-refractivity contribution in [3.63, 3.8) is 0 Å². The van der Waals surface area contributed by atoms with Gasteiger partial charge in [0, 0.05) is 54.5 Å². The van der Waals surface area contributed by atoms with Crippen molar-refractivity contribution in [1.29, 1.82) is 0 Å². The SMILES string of the molecule is CSc1ccc(C(=O)N2CCN(c3ccc([N+](=O)[O-])cc3)CC2)cc1. The van der Waals surface area contributed by atoms with Crippen molar-refractivity contribution in [1.82, 2.24) is 4.90 Å². The van der Waals surface area contributed by atoms with Crippen molar-refractivity contribution in [3.05, 3.63) is 64.2 Å². The number of anilines is 1. The number of carbonyl (C=O) groups is 1. The van der Waals surface area contributed by atoms with Crippen LogP contribution in [0.1, 0.15) is 10.4 Å². The minimum absolute atomic E-state index is 0.0519. The Bertz CT molecular complexity index is 754. The van der Waals surface area contributed by atoms with Gasteiger partial charge in [-0.05, 0) is 42.7 Å². The van der Waals surface area contributed by atoms with E-state index in [-0.39, 0.29) is 11.6 Å². The summed E-state index contributed by atoms with van der Waals surface area (Å²) in [4.78, 5) is 28.1. The number of rotatable bonds is 4. The van der Waals surface area contributed by atoms with Crippen LogP contribution in [0, 0.1) is 10.1 Å². The van der Waals surface area contributed by atoms with Crippen molar-refractivity contribution in [2.24, 2.45) is 0 Å². The van der Waals surface area contributed by atoms with E-state index in [1.54, 1.807) is 23.9 Å². The van der Waals surface area contributed by atoms with Gasteiger partial charge in [0.1, 0.15) is 0 Å². The van der Waals surface area contributed by atoms with Gasteiger partial charge in [-0.25, -0.2) is 0 Å². The summed E-state index contributed by atoms with van der Waals surface area (Å²) in [6, 6.07) is 14.2. The van der Waals surface area contributed by atoms with E-state index in [0.29, 0.717) is 31.7 Å². The van der Waals surface area contributed by atoms with Gasteiger partial charge in [-0.1, -0.05) is 0 Å². The van der Waals surface area contributed by atoms with Crippen LogP contribution < -0.4 is 4.90 Å². The summed E-state index contributed by atoms with van der Waals surface area (Å²) < 4.78 is 0. The number of carbonyl (C=O) groups excluding carboxylic acids is 1. The Morgan fingerprint density at radius 2 is 1.60 bits per heavy atom. The van der Waals surface area contributed by atoms with Gasteiger partial charge in [0.15, 0.2) is 0 Å². The van der Waals surface area contributed by atoms with Crippen molar-refractivity contribution in [2.45, 2.75) is 4.90 Å². The van der Waals surface area contributed by atoms with E-state index < -0.39 is 4.92 Å². The van der Waals surface area contributed by atoms with Crippen LogP contribution in [0.4, 0.5) is 11.4 Å². The molecular formula is C18H19N3O3S. The lowest BCUT2D eigenvalue weighted by Gasteiger charge is -2.36. The maximum Gasteiger partial charge on any atom is 0.269 e. The van der Waals surface area contributed by atoms with Gasteiger partial charge in [0.25, 0.3) is 11.6 Å². The van der Waals surface area contributed by atoms with Crippen molar-refractivity contribution in [3.8, 4) is 0 Å². The average molecular weight is 357 g/mol. The molecule has 1 heterocycles. The van der Waals surface area contributed by atoms with Crippen LogP contribution in [-0.2, 0) is 0 Å². The van der Waals surface area contributed by atoms with Crippen LogP contribution in [0.25, 0.3) is 0 Å². The number of benzene rings is 2. The largest absolute Gasteiger partial charge is 0.368 e. The molecular weight excluding hydrogens is 338 g/mol. The van der Waals surface area contributed by atoms with E-state index in [9.17, 15) is 14.9 Å². The van der Waals surface area contributed by atoms with Gasteiger partial charge in [-0.2, -0.15) is 0 Å². The van der Waals surface area contributed by atoms with Gasteiger partial charge < -0.3 is 9.80 Å². The minimum Gasteiger partial charge on any atom is -0.368 e. The number of amides is 1. The summed E-state index contributed by atoms with van der Waals surface area (Å²) in [5.74, 6) is 0.0519. The third-order valence-electron chi connectivity index (χ3n) is 4.33. The van der Waals surface area contributed by atoms with E-state index in [0.717, 1.165) is 10.6 Å². The second-order valence-corrected chi connectivity index (χ2v) is 6.66. The highest BCUT2D eigenvalue weighted by atomic mass is 32.2. The number of hydrogen-bond donors (Lipinski definition) is 0. The van der Waals surface area contributed by atoms with Crippen molar-refractivity contribution >= 4 is 29.0 Å². The van der Waals surface area contributed by atoms with E-state index in [1.807, 2.05) is 35.4 Å². The lowest BCUT2D eigenvalue weighted by Crippen LogP contribution is -2.48. The predicted molar refractivity (Wildman–Crippen MR) is 99.4 cm³/mol. The van der Waals surface area contributed by atoms with Gasteiger partial charge in [0.05, 0.1) is 4.92 Å². The molecule has 0 bridgehead atoms. The lowest BCUT2D eigenvalue weighted by molar-refractivity contribution is -0.384. The normalized spacial score (nSPS) is 14.4. The topological polar surface area (TPSA) is 66.7 Å². The zero-order chi connectivity index (χ0) is 17.8. The molecule has 130 valence electrons. The smallest absolute Gasteiger partial charge is 0.269 e. The molecule has 0 spiro atoms. The van der Waals surface area contributed by atoms with Crippen LogP contribution in [0.2, 0.25) is 0 Å². The third-order valence-corrected chi connectivity index (χ3v) is 5.07. The molecule has 1 saturated heterocycles. The van der Waals surface area contributed by atoms with E-state index in [2.05, 4.69) is 4.90 Å². The number of hydrogen-bond acceptors (Lipinski definition) is 5. The Balaban J connectivity index is 1.60. The highest BCUT2D eigenvalue weighted by Gasteiger charge is 2.22. The molecule has 1 aliphatic rings. The monoisotopic (exact) mass is 357 g/mol. The molecule has 3 rings (SSSR count). The maximum absolute atomic E-state index is 12.6. The first-order valence-electron chi connectivity index (χ1n) is 8.01. The fourth-order valence-electron chi connectivity index (χ4n) is 2.87. The number of nitro benzene ring substituents is 1. The van der Waals surface area contributed by atoms with Crippen LogP contribution in [0.3, 0.4) is 0 Å². The Morgan fingerprint density at radius 3 is 2.12 bits per heavy atom. The highest BCUT2D eigenvalue weighted by Crippen LogP contribution is 2.21. The van der Waals surface area contributed by atoms with Crippen LogP contribution in [0.15, 0.2) is 53.4 Å². The van der Waals surface area contributed by atoms with E-state index in [4.69, 9.17) is 0 Å². The summed E-state index contributed by atoms with van der Waals surface area (Å²) >= 11 is 1.65. The molecule has 0 unspecified atom stereocenters. The maximum atomic E-state index is 12.6. The summed E-state index contributed by atoms with van der Waals surface area (Å²) in [6.45, 7) is 2.71. The second kappa shape index (κ2) is 7.57. The molecule has 25 heavy (non-hydrogen) atoms. The van der Waals surface area contributed by atoms with Crippen LogP contribution in [0.5, 0.6) is 0 Å². The van der Waals surface area contributed by atoms with Crippen LogP contribution in [-0.4, -0.2) is 48.2 Å². The number of non-ortho nitro benzene ring substituents is 1. The molecule has 1 amide bonds. The molecule has 7 heteroatoms. The van der Waals surface area contributed by atoms with Gasteiger partial charge in [-0.3, -0.25) is 14.9 Å². The number of nitro groups is 1. The quantitative estimate of drug-likeness (QED) is 0.477. The average Bonchev–Trinajstić information content (AvgIpc) is 2.67. The predicted octanol–water partition coefficient (Wildman–Crippen LogP) is 3.28. The highest BCUT2D eigenvalue weighted by molar-refractivity contribution is 7.98. The molecule has 0 aliphatic carbocycles. The molecule has 6 nitrogen and oxygen atoms in total. The van der Waals surface area contributed by atoms with Gasteiger partial charge in [-0.15, -0.1) is 11.8 Å². The summed E-state index contributed by atoms with van der Waals surface area (Å²) in [6.07, 6.45) is 2.01. The molecule has 0 radical (unpaired) electrons. The fourth-order valence-corrected chi connectivity index (χ4v) is 3.28. The number of piperazine rings is 1. The summed E-state index contributed by atoms with van der Waals surface area (Å²) in [7, 11) is 0. The molecule has 1 aliphatic heterocycles. The fraction of sp³-hybridized carbons (Fsp3) is 0.278. The first-order chi connectivity index (χ1) is 12.1. The lowest BCUT2D eigenvalue weighted by atomic mass is 10.1. The molecule has 0 saturated carbocycles. The third kappa shape index (κ3) is 3.93. The Hall–Kier alpha value is -2.54. The second-order valence-electron chi connectivity index (χ2n) is 5.78. The molecule has 0 aromatic heterocycles. The van der Waals surface area contributed by atoms with Gasteiger partial charge >= 0.3 is 0 Å². The van der Waals surface area contributed by atoms with E-state index >= 15 is 0 Å². The Kier molecular flexibility index (Phi) is 5.23. The van der Waals surface area contributed by atoms with Gasteiger partial charge in [0.2, 0.25) is 0 Å². The van der Waals surface area contributed by atoms with Crippen molar-refractivity contribution < 1.29 is 9.72 Å². The molecule has 2 aromatic carbocycles. The van der Waals surface area contributed by atoms with Crippen LogP contribution >= 0.6 is 11.8 Å². The van der Waals surface area contributed by atoms with E-state index in [1.165, 1.54) is 12.1 Å². The first kappa shape index (κ1) is 17.3. The number of thioether (sulfide) groups is 1. The minimum atomic E-state index is -0.400. The molecule has 0 N–H and O–H groups in total. The standard InChI is InChI=1S/C18H19N3O3S/c1-25-17-8-2-14(3-9-17)18(22)20-12-10-19(11-13-20)15-4-6-16(7-5-15)21(23)24/h2-9H,10-13H2,1H3. The molecule has 1 fully saturated rings. The molecule has 0 atom stereocenters.